The fourth-order valence-electron chi connectivity index (χ4n) is 2.71. The highest BCUT2D eigenvalue weighted by Gasteiger charge is 2.23. The van der Waals surface area contributed by atoms with Gasteiger partial charge in [0.15, 0.2) is 0 Å². The van der Waals surface area contributed by atoms with Crippen LogP contribution in [0.5, 0.6) is 11.5 Å². The van der Waals surface area contributed by atoms with Gasteiger partial charge in [-0.1, -0.05) is 6.07 Å². The molecule has 1 aromatic rings. The van der Waals surface area contributed by atoms with E-state index in [2.05, 4.69) is 11.4 Å². The molecule has 0 amide bonds. The molecule has 1 aromatic carbocycles. The summed E-state index contributed by atoms with van der Waals surface area (Å²) in [4.78, 5) is 0. The monoisotopic (exact) mass is 279 g/mol. The van der Waals surface area contributed by atoms with Crippen LogP contribution in [0.3, 0.4) is 0 Å². The summed E-state index contributed by atoms with van der Waals surface area (Å²) >= 11 is 0. The first-order chi connectivity index (χ1) is 9.76. The SMILES string of the molecule is CNCc1ccc(OC)cc1OC1CCCC(OC)C1. The maximum absolute atomic E-state index is 6.21. The number of hydrogen-bond acceptors (Lipinski definition) is 4. The summed E-state index contributed by atoms with van der Waals surface area (Å²) in [6.45, 7) is 0.791. The zero-order chi connectivity index (χ0) is 14.4. The van der Waals surface area contributed by atoms with Crippen LogP contribution in [0.4, 0.5) is 0 Å². The molecule has 0 heterocycles. The van der Waals surface area contributed by atoms with Crippen molar-refractivity contribution in [2.24, 2.45) is 0 Å². The quantitative estimate of drug-likeness (QED) is 0.869. The number of methoxy groups -OCH3 is 2. The molecular weight excluding hydrogens is 254 g/mol. The lowest BCUT2D eigenvalue weighted by Crippen LogP contribution is -2.29. The molecule has 1 N–H and O–H groups in total. The van der Waals surface area contributed by atoms with Gasteiger partial charge < -0.3 is 19.5 Å². The van der Waals surface area contributed by atoms with Gasteiger partial charge in [0, 0.05) is 31.7 Å². The van der Waals surface area contributed by atoms with Crippen LogP contribution >= 0.6 is 0 Å². The molecule has 2 rings (SSSR count). The van der Waals surface area contributed by atoms with Crippen molar-refractivity contribution >= 4 is 0 Å². The Bertz CT molecular complexity index is 422. The lowest BCUT2D eigenvalue weighted by Gasteiger charge is -2.29. The molecule has 0 radical (unpaired) electrons. The van der Waals surface area contributed by atoms with E-state index in [4.69, 9.17) is 14.2 Å². The number of hydrogen-bond donors (Lipinski definition) is 1. The van der Waals surface area contributed by atoms with Gasteiger partial charge in [-0.2, -0.15) is 0 Å². The van der Waals surface area contributed by atoms with E-state index in [0.717, 1.165) is 49.3 Å². The highest BCUT2D eigenvalue weighted by Crippen LogP contribution is 2.30. The van der Waals surface area contributed by atoms with Crippen molar-refractivity contribution in [3.05, 3.63) is 23.8 Å². The Morgan fingerprint density at radius 2 is 2.00 bits per heavy atom. The topological polar surface area (TPSA) is 39.7 Å². The minimum atomic E-state index is 0.233. The van der Waals surface area contributed by atoms with Gasteiger partial charge in [0.1, 0.15) is 17.6 Å². The Kier molecular flexibility index (Phi) is 5.68. The molecule has 1 aliphatic rings. The third-order valence-corrected chi connectivity index (χ3v) is 3.85. The van der Waals surface area contributed by atoms with E-state index in [1.165, 1.54) is 0 Å². The second kappa shape index (κ2) is 7.50. The van der Waals surface area contributed by atoms with Crippen LogP contribution in [0.15, 0.2) is 18.2 Å². The summed E-state index contributed by atoms with van der Waals surface area (Å²) in [6.07, 6.45) is 4.92. The first-order valence-electron chi connectivity index (χ1n) is 7.27. The molecule has 1 aliphatic carbocycles. The van der Waals surface area contributed by atoms with Crippen molar-refractivity contribution in [3.63, 3.8) is 0 Å². The molecule has 112 valence electrons. The van der Waals surface area contributed by atoms with E-state index in [0.29, 0.717) is 6.10 Å². The summed E-state index contributed by atoms with van der Waals surface area (Å²) in [5.41, 5.74) is 1.16. The predicted octanol–water partition coefficient (Wildman–Crippen LogP) is 2.75. The lowest BCUT2D eigenvalue weighted by atomic mass is 9.95. The Hall–Kier alpha value is -1.26. The Labute approximate surface area is 121 Å². The van der Waals surface area contributed by atoms with Gasteiger partial charge in [-0.15, -0.1) is 0 Å². The molecule has 1 saturated carbocycles. The largest absolute Gasteiger partial charge is 0.497 e. The third-order valence-electron chi connectivity index (χ3n) is 3.85. The molecule has 0 bridgehead atoms. The molecule has 0 aliphatic heterocycles. The Morgan fingerprint density at radius 3 is 2.70 bits per heavy atom. The van der Waals surface area contributed by atoms with Gasteiger partial charge in [-0.3, -0.25) is 0 Å². The van der Waals surface area contributed by atoms with Crippen LogP contribution < -0.4 is 14.8 Å². The Balaban J connectivity index is 2.09. The van der Waals surface area contributed by atoms with Crippen LogP contribution in [-0.2, 0) is 11.3 Å². The van der Waals surface area contributed by atoms with Gasteiger partial charge in [-0.25, -0.2) is 0 Å². The summed E-state index contributed by atoms with van der Waals surface area (Å²) in [5.74, 6) is 1.75. The normalized spacial score (nSPS) is 22.6. The average Bonchev–Trinajstić information content (AvgIpc) is 2.49. The molecule has 4 heteroatoms. The summed E-state index contributed by atoms with van der Waals surface area (Å²) < 4.78 is 17.0. The smallest absolute Gasteiger partial charge is 0.127 e. The molecular formula is C16H25NO3. The van der Waals surface area contributed by atoms with E-state index in [9.17, 15) is 0 Å². The summed E-state index contributed by atoms with van der Waals surface area (Å²) in [5, 5.41) is 3.17. The molecule has 0 saturated heterocycles. The second-order valence-corrected chi connectivity index (χ2v) is 5.27. The van der Waals surface area contributed by atoms with Crippen molar-refractivity contribution in [2.45, 2.75) is 44.4 Å². The highest BCUT2D eigenvalue weighted by molar-refractivity contribution is 5.40. The zero-order valence-corrected chi connectivity index (χ0v) is 12.6. The maximum atomic E-state index is 6.21. The number of rotatable bonds is 6. The molecule has 2 unspecified atom stereocenters. The molecule has 20 heavy (non-hydrogen) atoms. The molecule has 2 atom stereocenters. The molecule has 0 aromatic heterocycles. The number of ether oxygens (including phenoxy) is 3. The van der Waals surface area contributed by atoms with Crippen molar-refractivity contribution in [1.82, 2.24) is 5.32 Å². The molecule has 0 spiro atoms. The summed E-state index contributed by atoms with van der Waals surface area (Å²) in [6, 6.07) is 6.00. The van der Waals surface area contributed by atoms with E-state index < -0.39 is 0 Å². The van der Waals surface area contributed by atoms with Gasteiger partial charge >= 0.3 is 0 Å². The van der Waals surface area contributed by atoms with Gasteiger partial charge in [0.2, 0.25) is 0 Å². The van der Waals surface area contributed by atoms with Crippen LogP contribution in [0.25, 0.3) is 0 Å². The first-order valence-corrected chi connectivity index (χ1v) is 7.27. The van der Waals surface area contributed by atoms with Crippen molar-refractivity contribution < 1.29 is 14.2 Å². The average molecular weight is 279 g/mol. The molecule has 4 nitrogen and oxygen atoms in total. The standard InChI is InChI=1S/C16H25NO3/c1-17-11-12-7-8-14(19-3)10-16(12)20-15-6-4-5-13(9-15)18-2/h7-8,10,13,15,17H,4-6,9,11H2,1-3H3. The van der Waals surface area contributed by atoms with Crippen molar-refractivity contribution in [1.29, 1.82) is 0 Å². The molecule has 1 fully saturated rings. The van der Waals surface area contributed by atoms with Gasteiger partial charge in [0.25, 0.3) is 0 Å². The minimum Gasteiger partial charge on any atom is -0.497 e. The van der Waals surface area contributed by atoms with E-state index in [1.54, 1.807) is 14.2 Å². The predicted molar refractivity (Wildman–Crippen MR) is 79.4 cm³/mol. The van der Waals surface area contributed by atoms with Crippen LogP contribution in [-0.4, -0.2) is 33.5 Å². The van der Waals surface area contributed by atoms with Crippen molar-refractivity contribution in [3.8, 4) is 11.5 Å². The number of benzene rings is 1. The second-order valence-electron chi connectivity index (χ2n) is 5.27. The fraction of sp³-hybridized carbons (Fsp3) is 0.625. The highest BCUT2D eigenvalue weighted by atomic mass is 16.5. The van der Waals surface area contributed by atoms with Crippen LogP contribution in [0.2, 0.25) is 0 Å². The number of nitrogens with one attached hydrogen (secondary N) is 1. The van der Waals surface area contributed by atoms with Crippen molar-refractivity contribution in [2.75, 3.05) is 21.3 Å². The fourth-order valence-corrected chi connectivity index (χ4v) is 2.71. The Morgan fingerprint density at radius 1 is 1.20 bits per heavy atom. The lowest BCUT2D eigenvalue weighted by molar-refractivity contribution is 0.0206. The maximum Gasteiger partial charge on any atom is 0.127 e. The van der Waals surface area contributed by atoms with Crippen LogP contribution in [0.1, 0.15) is 31.2 Å². The minimum absolute atomic E-state index is 0.233. The van der Waals surface area contributed by atoms with Gasteiger partial charge in [-0.05, 0) is 32.4 Å². The third kappa shape index (κ3) is 3.87. The summed E-state index contributed by atoms with van der Waals surface area (Å²) in [7, 11) is 5.40. The van der Waals surface area contributed by atoms with Gasteiger partial charge in [0.05, 0.1) is 13.2 Å². The first kappa shape index (κ1) is 15.1. The zero-order valence-electron chi connectivity index (χ0n) is 12.6. The van der Waals surface area contributed by atoms with E-state index in [1.807, 2.05) is 19.2 Å². The van der Waals surface area contributed by atoms with Crippen LogP contribution in [0, 0.1) is 0 Å². The van der Waals surface area contributed by atoms with E-state index >= 15 is 0 Å². The van der Waals surface area contributed by atoms with E-state index in [-0.39, 0.29) is 6.10 Å².